The van der Waals surface area contributed by atoms with Crippen LogP contribution in [0.2, 0.25) is 5.02 Å². The molecule has 0 spiro atoms. The summed E-state index contributed by atoms with van der Waals surface area (Å²) in [5.41, 5.74) is 1.02. The minimum absolute atomic E-state index is 0.0159. The fourth-order valence-electron chi connectivity index (χ4n) is 2.61. The van der Waals surface area contributed by atoms with Gasteiger partial charge in [-0.15, -0.1) is 0 Å². The lowest BCUT2D eigenvalue weighted by Crippen LogP contribution is -2.30. The summed E-state index contributed by atoms with van der Waals surface area (Å²) in [4.78, 5) is 24.0. The third-order valence-corrected chi connectivity index (χ3v) is 6.38. The van der Waals surface area contributed by atoms with E-state index in [0.717, 1.165) is 0 Å². The van der Waals surface area contributed by atoms with Gasteiger partial charge >= 0.3 is 5.97 Å². The maximum atomic E-state index is 12.6. The van der Waals surface area contributed by atoms with E-state index in [1.165, 1.54) is 16.4 Å². The van der Waals surface area contributed by atoms with Crippen molar-refractivity contribution >= 4 is 39.2 Å². The Morgan fingerprint density at radius 3 is 2.34 bits per heavy atom. The van der Waals surface area contributed by atoms with Crippen LogP contribution < -0.4 is 5.32 Å². The summed E-state index contributed by atoms with van der Waals surface area (Å²) in [7, 11) is -3.64. The Bertz CT molecular complexity index is 957. The van der Waals surface area contributed by atoms with Crippen molar-refractivity contribution in [3.05, 3.63) is 59.1 Å². The van der Waals surface area contributed by atoms with Crippen LogP contribution in [0.15, 0.2) is 53.4 Å². The van der Waals surface area contributed by atoms with Gasteiger partial charge in [0.1, 0.15) is 0 Å². The van der Waals surface area contributed by atoms with Crippen LogP contribution in [-0.4, -0.2) is 44.3 Å². The van der Waals surface area contributed by atoms with E-state index in [2.05, 4.69) is 5.32 Å². The number of sulfonamides is 1. The number of carbonyl (C=O) groups excluding carboxylic acids is 2. The lowest BCUT2D eigenvalue weighted by atomic mass is 10.1. The van der Waals surface area contributed by atoms with Crippen molar-refractivity contribution in [1.82, 2.24) is 4.31 Å². The molecule has 0 aromatic heterocycles. The topological polar surface area (TPSA) is 92.8 Å². The maximum absolute atomic E-state index is 12.6. The Hall–Kier alpha value is -2.42. The molecular weight excluding hydrogens is 416 g/mol. The molecule has 1 amide bonds. The number of rotatable bonds is 9. The molecule has 0 fully saturated rings. The highest BCUT2D eigenvalue weighted by Gasteiger charge is 2.22. The number of esters is 1. The summed E-state index contributed by atoms with van der Waals surface area (Å²) in [6.45, 7) is 3.73. The molecule has 0 bridgehead atoms. The number of nitrogens with one attached hydrogen (secondary N) is 1. The predicted molar refractivity (Wildman–Crippen MR) is 111 cm³/mol. The van der Waals surface area contributed by atoms with Crippen molar-refractivity contribution in [3.8, 4) is 0 Å². The number of hydrogen-bond acceptors (Lipinski definition) is 5. The average molecular weight is 439 g/mol. The number of hydrogen-bond donors (Lipinski definition) is 1. The molecule has 0 aliphatic rings. The highest BCUT2D eigenvalue weighted by atomic mass is 35.5. The average Bonchev–Trinajstić information content (AvgIpc) is 2.69. The number of benzene rings is 2. The van der Waals surface area contributed by atoms with E-state index in [0.29, 0.717) is 29.4 Å². The Morgan fingerprint density at radius 2 is 1.72 bits per heavy atom. The number of ether oxygens (including phenoxy) is 1. The molecule has 0 unspecified atom stereocenters. The molecule has 2 rings (SSSR count). The molecule has 0 heterocycles. The maximum Gasteiger partial charge on any atom is 0.310 e. The van der Waals surface area contributed by atoms with Gasteiger partial charge in [-0.2, -0.15) is 4.31 Å². The van der Waals surface area contributed by atoms with Gasteiger partial charge in [0.2, 0.25) is 10.0 Å². The van der Waals surface area contributed by atoms with Gasteiger partial charge < -0.3 is 10.1 Å². The standard InChI is InChI=1S/C20H23ClN2O5S/c1-3-23(4-2)29(26,27)18-7-5-6-17(13-18)22-19(24)14-28-20(25)12-15-8-10-16(21)11-9-15/h5-11,13H,3-4,12,14H2,1-2H3,(H,22,24). The first-order valence-electron chi connectivity index (χ1n) is 9.06. The molecule has 7 nitrogen and oxygen atoms in total. The SMILES string of the molecule is CCN(CC)S(=O)(=O)c1cccc(NC(=O)COC(=O)Cc2ccc(Cl)cc2)c1. The van der Waals surface area contributed by atoms with Gasteiger partial charge in [-0.25, -0.2) is 8.42 Å². The molecule has 156 valence electrons. The summed E-state index contributed by atoms with van der Waals surface area (Å²) in [6, 6.07) is 12.7. The summed E-state index contributed by atoms with van der Waals surface area (Å²) in [5, 5.41) is 3.10. The van der Waals surface area contributed by atoms with Crippen molar-refractivity contribution in [2.75, 3.05) is 25.0 Å². The Kier molecular flexibility index (Phi) is 8.19. The van der Waals surface area contributed by atoms with Crippen LogP contribution in [0.1, 0.15) is 19.4 Å². The largest absolute Gasteiger partial charge is 0.455 e. The number of halogens is 1. The van der Waals surface area contributed by atoms with E-state index in [1.54, 1.807) is 50.2 Å². The second-order valence-corrected chi connectivity index (χ2v) is 8.50. The van der Waals surface area contributed by atoms with Crippen LogP contribution in [0.5, 0.6) is 0 Å². The smallest absolute Gasteiger partial charge is 0.310 e. The molecule has 0 atom stereocenters. The zero-order valence-electron chi connectivity index (χ0n) is 16.2. The first-order valence-corrected chi connectivity index (χ1v) is 10.9. The highest BCUT2D eigenvalue weighted by molar-refractivity contribution is 7.89. The number of anilines is 1. The second kappa shape index (κ2) is 10.4. The van der Waals surface area contributed by atoms with Gasteiger partial charge in [0, 0.05) is 23.8 Å². The molecule has 0 radical (unpaired) electrons. The van der Waals surface area contributed by atoms with Crippen LogP contribution in [0.25, 0.3) is 0 Å². The van der Waals surface area contributed by atoms with Crippen LogP contribution in [0.4, 0.5) is 5.69 Å². The quantitative estimate of drug-likeness (QED) is 0.607. The van der Waals surface area contributed by atoms with Gasteiger partial charge in [0.05, 0.1) is 11.3 Å². The third-order valence-electron chi connectivity index (χ3n) is 4.09. The fraction of sp³-hybridized carbons (Fsp3) is 0.300. The summed E-state index contributed by atoms with van der Waals surface area (Å²) >= 11 is 5.79. The van der Waals surface area contributed by atoms with Crippen molar-refractivity contribution < 1.29 is 22.7 Å². The van der Waals surface area contributed by atoms with Gasteiger partial charge in [-0.1, -0.05) is 43.6 Å². The van der Waals surface area contributed by atoms with Gasteiger partial charge in [-0.05, 0) is 35.9 Å². The minimum atomic E-state index is -3.64. The molecule has 29 heavy (non-hydrogen) atoms. The Labute approximate surface area is 175 Å². The fourth-order valence-corrected chi connectivity index (χ4v) is 4.24. The lowest BCUT2D eigenvalue weighted by Gasteiger charge is -2.18. The molecule has 9 heteroatoms. The van der Waals surface area contributed by atoms with E-state index >= 15 is 0 Å². The van der Waals surface area contributed by atoms with E-state index in [9.17, 15) is 18.0 Å². The highest BCUT2D eigenvalue weighted by Crippen LogP contribution is 2.19. The minimum Gasteiger partial charge on any atom is -0.455 e. The third kappa shape index (κ3) is 6.56. The molecule has 2 aromatic carbocycles. The number of amides is 1. The molecule has 1 N–H and O–H groups in total. The van der Waals surface area contributed by atoms with Gasteiger partial charge in [0.25, 0.3) is 5.91 Å². The number of nitrogens with zero attached hydrogens (tertiary/aromatic N) is 1. The molecule has 0 saturated heterocycles. The summed E-state index contributed by atoms with van der Waals surface area (Å²) in [6.07, 6.45) is 0.0159. The van der Waals surface area contributed by atoms with E-state index in [-0.39, 0.29) is 11.3 Å². The van der Waals surface area contributed by atoms with E-state index in [1.807, 2.05) is 0 Å². The summed E-state index contributed by atoms with van der Waals surface area (Å²) < 4.78 is 31.5. The molecule has 2 aromatic rings. The monoisotopic (exact) mass is 438 g/mol. The first-order chi connectivity index (χ1) is 13.8. The van der Waals surface area contributed by atoms with Crippen LogP contribution in [0.3, 0.4) is 0 Å². The van der Waals surface area contributed by atoms with Gasteiger partial charge in [-0.3, -0.25) is 9.59 Å². The van der Waals surface area contributed by atoms with E-state index in [4.69, 9.17) is 16.3 Å². The van der Waals surface area contributed by atoms with Crippen LogP contribution in [-0.2, 0) is 30.8 Å². The number of carbonyl (C=O) groups is 2. The van der Waals surface area contributed by atoms with Crippen molar-refractivity contribution in [3.63, 3.8) is 0 Å². The van der Waals surface area contributed by atoms with Crippen molar-refractivity contribution in [2.24, 2.45) is 0 Å². The Balaban J connectivity index is 1.93. The van der Waals surface area contributed by atoms with Crippen LogP contribution >= 0.6 is 11.6 Å². The lowest BCUT2D eigenvalue weighted by molar-refractivity contribution is -0.146. The molecule has 0 aliphatic carbocycles. The molecule has 0 saturated carbocycles. The van der Waals surface area contributed by atoms with Crippen LogP contribution in [0, 0.1) is 0 Å². The van der Waals surface area contributed by atoms with Crippen molar-refractivity contribution in [2.45, 2.75) is 25.2 Å². The molecular formula is C20H23ClN2O5S. The summed E-state index contributed by atoms with van der Waals surface area (Å²) in [5.74, 6) is -1.12. The van der Waals surface area contributed by atoms with Gasteiger partial charge in [0.15, 0.2) is 6.61 Å². The molecule has 0 aliphatic heterocycles. The first kappa shape index (κ1) is 22.9. The predicted octanol–water partition coefficient (Wildman–Crippen LogP) is 3.09. The Morgan fingerprint density at radius 1 is 1.07 bits per heavy atom. The van der Waals surface area contributed by atoms with Crippen molar-refractivity contribution in [1.29, 1.82) is 0 Å². The zero-order chi connectivity index (χ0) is 21.4. The normalized spacial score (nSPS) is 11.3. The van der Waals surface area contributed by atoms with E-state index < -0.39 is 28.5 Å². The second-order valence-electron chi connectivity index (χ2n) is 6.13. The zero-order valence-corrected chi connectivity index (χ0v) is 17.8.